The van der Waals surface area contributed by atoms with Gasteiger partial charge in [0.25, 0.3) is 0 Å². The fourth-order valence-electron chi connectivity index (χ4n) is 5.04. The number of hydrogen-bond donors (Lipinski definition) is 1. The van der Waals surface area contributed by atoms with Gasteiger partial charge in [0.15, 0.2) is 18.2 Å². The molecule has 7 nitrogen and oxygen atoms in total. The van der Waals surface area contributed by atoms with Gasteiger partial charge >= 0.3 is 6.09 Å². The number of carbonyl (C=O) groups is 1. The smallest absolute Gasteiger partial charge is 0.467 e. The third-order valence-corrected chi connectivity index (χ3v) is 7.97. The van der Waals surface area contributed by atoms with Crippen LogP contribution in [0.5, 0.6) is 5.88 Å². The van der Waals surface area contributed by atoms with Crippen molar-refractivity contribution in [1.82, 2.24) is 9.97 Å². The minimum Gasteiger partial charge on any atom is -0.467 e. The van der Waals surface area contributed by atoms with Gasteiger partial charge in [0.1, 0.15) is 36.0 Å². The third-order valence-electron chi connectivity index (χ3n) is 7.24. The Morgan fingerprint density at radius 3 is 2.77 bits per heavy atom. The number of quaternary nitrogens is 1. The molecule has 31 heavy (non-hydrogen) atoms. The molecule has 2 bridgehead atoms. The summed E-state index contributed by atoms with van der Waals surface area (Å²) in [5.41, 5.74) is 0.815. The molecule has 5 aliphatic rings. The molecule has 1 aromatic heterocycles. The van der Waals surface area contributed by atoms with E-state index in [4.69, 9.17) is 9.47 Å². The van der Waals surface area contributed by atoms with Crippen LogP contribution in [0.15, 0.2) is 29.4 Å². The average Bonchev–Trinajstić information content (AvgIpc) is 3.69. The predicted octanol–water partition coefficient (Wildman–Crippen LogP) is 4.04. The summed E-state index contributed by atoms with van der Waals surface area (Å²) in [6.07, 6.45) is 5.07. The molecule has 3 saturated heterocycles. The molecule has 1 N–H and O–H groups in total. The number of carbonyl (C=O) groups excluding carboxylic acids is 1. The van der Waals surface area contributed by atoms with Crippen molar-refractivity contribution in [1.29, 1.82) is 0 Å². The molecule has 9 heteroatoms. The zero-order valence-electron chi connectivity index (χ0n) is 17.6. The Balaban J connectivity index is 1.16. The van der Waals surface area contributed by atoms with E-state index in [0.717, 1.165) is 17.7 Å². The highest BCUT2D eigenvalue weighted by atomic mass is 32.2. The Morgan fingerprint density at radius 2 is 2.10 bits per heavy atom. The first-order chi connectivity index (χ1) is 14.9. The van der Waals surface area contributed by atoms with Gasteiger partial charge in [-0.05, 0) is 51.1 Å². The SMILES string of the molecule is CSc1ccc(Nc2ncnc(OC3C[N+]4(C(=O)OC5(C)CC5)C5C3C54)c2C)c(F)c1. The Bertz CT molecular complexity index is 1100. The quantitative estimate of drug-likeness (QED) is 0.410. The third kappa shape index (κ3) is 2.86. The number of thioether (sulfide) groups is 1. The minimum absolute atomic E-state index is 0.0615. The van der Waals surface area contributed by atoms with Gasteiger partial charge < -0.3 is 14.8 Å². The second-order valence-electron chi connectivity index (χ2n) is 9.27. The van der Waals surface area contributed by atoms with Gasteiger partial charge in [0, 0.05) is 4.90 Å². The van der Waals surface area contributed by atoms with E-state index in [9.17, 15) is 9.18 Å². The molecule has 0 spiro atoms. The highest BCUT2D eigenvalue weighted by Crippen LogP contribution is 2.72. The number of piperidine rings is 1. The summed E-state index contributed by atoms with van der Waals surface area (Å²) in [7, 11) is 0. The van der Waals surface area contributed by atoms with Crippen molar-refractivity contribution in [3.8, 4) is 5.88 Å². The Labute approximate surface area is 183 Å². The lowest BCUT2D eigenvalue weighted by atomic mass is 10.2. The van der Waals surface area contributed by atoms with Gasteiger partial charge in [-0.2, -0.15) is 4.79 Å². The maximum absolute atomic E-state index is 14.4. The lowest BCUT2D eigenvalue weighted by molar-refractivity contribution is -0.762. The van der Waals surface area contributed by atoms with Crippen molar-refractivity contribution in [2.24, 2.45) is 5.92 Å². The minimum atomic E-state index is -0.338. The van der Waals surface area contributed by atoms with Crippen LogP contribution in [0.3, 0.4) is 0 Å². The Kier molecular flexibility index (Phi) is 3.94. The second-order valence-corrected chi connectivity index (χ2v) is 10.1. The van der Waals surface area contributed by atoms with Crippen molar-refractivity contribution in [2.75, 3.05) is 18.1 Å². The van der Waals surface area contributed by atoms with E-state index in [1.807, 2.05) is 26.2 Å². The maximum atomic E-state index is 14.4. The number of amides is 1. The topological polar surface area (TPSA) is 73.3 Å². The van der Waals surface area contributed by atoms with Crippen LogP contribution in [0.25, 0.3) is 0 Å². The zero-order chi connectivity index (χ0) is 21.5. The molecule has 162 valence electrons. The van der Waals surface area contributed by atoms with Gasteiger partial charge in [0.2, 0.25) is 5.88 Å². The van der Waals surface area contributed by atoms with E-state index in [1.54, 1.807) is 6.07 Å². The first-order valence-electron chi connectivity index (χ1n) is 10.6. The number of halogens is 1. The summed E-state index contributed by atoms with van der Waals surface area (Å²) in [5.74, 6) is 1.03. The van der Waals surface area contributed by atoms with Crippen LogP contribution < -0.4 is 10.1 Å². The number of rotatable bonds is 6. The van der Waals surface area contributed by atoms with Crippen molar-refractivity contribution in [3.63, 3.8) is 0 Å². The van der Waals surface area contributed by atoms with E-state index < -0.39 is 0 Å². The van der Waals surface area contributed by atoms with Crippen molar-refractivity contribution < 1.29 is 23.1 Å². The normalized spacial score (nSPS) is 32.8. The predicted molar refractivity (Wildman–Crippen MR) is 113 cm³/mol. The average molecular weight is 444 g/mol. The number of benzene rings is 1. The summed E-state index contributed by atoms with van der Waals surface area (Å²) in [6, 6.07) is 5.75. The van der Waals surface area contributed by atoms with E-state index >= 15 is 0 Å². The molecule has 3 unspecified atom stereocenters. The van der Waals surface area contributed by atoms with Gasteiger partial charge in [-0.25, -0.2) is 18.8 Å². The fraction of sp³-hybridized carbons (Fsp3) is 0.500. The van der Waals surface area contributed by atoms with E-state index in [0.29, 0.717) is 52.0 Å². The summed E-state index contributed by atoms with van der Waals surface area (Å²) >= 11 is 1.49. The highest BCUT2D eigenvalue weighted by Gasteiger charge is 3.00. The lowest BCUT2D eigenvalue weighted by Crippen LogP contribution is -2.41. The van der Waals surface area contributed by atoms with Crippen LogP contribution >= 0.6 is 11.8 Å². The number of ether oxygens (including phenoxy) is 2. The maximum Gasteiger partial charge on any atom is 0.517 e. The lowest BCUT2D eigenvalue weighted by Gasteiger charge is -2.18. The van der Waals surface area contributed by atoms with Crippen LogP contribution in [-0.2, 0) is 4.74 Å². The zero-order valence-corrected chi connectivity index (χ0v) is 18.4. The van der Waals surface area contributed by atoms with Gasteiger partial charge in [-0.1, -0.05) is 0 Å². The van der Waals surface area contributed by atoms with Crippen LogP contribution in [0.2, 0.25) is 0 Å². The Hall–Kier alpha value is -2.39. The van der Waals surface area contributed by atoms with Crippen LogP contribution in [0.4, 0.5) is 20.7 Å². The monoisotopic (exact) mass is 443 g/mol. The fourth-order valence-corrected chi connectivity index (χ4v) is 5.46. The molecule has 2 aliphatic carbocycles. The number of nitrogens with one attached hydrogen (secondary N) is 1. The summed E-state index contributed by atoms with van der Waals surface area (Å²) < 4.78 is 26.8. The van der Waals surface area contributed by atoms with Crippen LogP contribution in [0, 0.1) is 18.7 Å². The Morgan fingerprint density at radius 1 is 1.32 bits per heavy atom. The van der Waals surface area contributed by atoms with Crippen molar-refractivity contribution >= 4 is 29.4 Å². The molecule has 2 saturated carbocycles. The standard InChI is InChI=1S/C22H24FN4O3S/c1-11-19(26-14-5-4-12(31-3)8-13(14)23)24-10-25-20(11)29-15-9-27(17-16(15)18(17)27)21(28)30-22(2)6-7-22/h4-5,8,10,15-18H,6-7,9H2,1-3H3,(H,24,25,26)/q+1. The van der Waals surface area contributed by atoms with Gasteiger partial charge in [-0.3, -0.25) is 0 Å². The van der Waals surface area contributed by atoms with Crippen LogP contribution in [-0.4, -0.2) is 57.1 Å². The highest BCUT2D eigenvalue weighted by molar-refractivity contribution is 7.98. The first kappa shape index (κ1) is 19.3. The molecule has 1 amide bonds. The van der Waals surface area contributed by atoms with E-state index in [2.05, 4.69) is 15.3 Å². The largest absolute Gasteiger partial charge is 0.517 e. The van der Waals surface area contributed by atoms with Gasteiger partial charge in [0.05, 0.1) is 11.3 Å². The molecule has 0 radical (unpaired) electrons. The molecular formula is C22H24FN4O3S+. The number of aromatic nitrogens is 2. The molecule has 4 heterocycles. The molecular weight excluding hydrogens is 419 g/mol. The van der Waals surface area contributed by atoms with Crippen molar-refractivity contribution in [2.45, 2.75) is 55.4 Å². The van der Waals surface area contributed by atoms with E-state index in [1.165, 1.54) is 24.2 Å². The van der Waals surface area contributed by atoms with E-state index in [-0.39, 0.29) is 23.6 Å². The molecule has 5 fully saturated rings. The number of hydrogen-bond acceptors (Lipinski definition) is 7. The molecule has 2 aromatic rings. The van der Waals surface area contributed by atoms with Gasteiger partial charge in [-0.15, -0.1) is 11.8 Å². The number of anilines is 2. The van der Waals surface area contributed by atoms with Crippen LogP contribution in [0.1, 0.15) is 25.3 Å². The second kappa shape index (κ2) is 6.32. The summed E-state index contributed by atoms with van der Waals surface area (Å²) in [5, 5.41) is 3.05. The molecule has 3 aliphatic heterocycles. The van der Waals surface area contributed by atoms with Crippen molar-refractivity contribution in [3.05, 3.63) is 35.9 Å². The summed E-state index contributed by atoms with van der Waals surface area (Å²) in [6.45, 7) is 4.48. The summed E-state index contributed by atoms with van der Waals surface area (Å²) in [4.78, 5) is 22.1. The first-order valence-corrected chi connectivity index (χ1v) is 11.8. The molecule has 3 atom stereocenters. The molecule has 1 aromatic carbocycles. The molecule has 7 rings (SSSR count). The number of nitrogens with zero attached hydrogens (tertiary/aromatic N) is 3. The number of fused-ring (bicyclic) bond motifs is 1.